The average Bonchev–Trinajstić information content (AvgIpc) is 2.63. The Balaban J connectivity index is 1.84. The highest BCUT2D eigenvalue weighted by molar-refractivity contribution is 7.89. The lowest BCUT2D eigenvalue weighted by Crippen LogP contribution is -2.48. The Morgan fingerprint density at radius 2 is 1.78 bits per heavy atom. The van der Waals surface area contributed by atoms with Gasteiger partial charge in [0.1, 0.15) is 0 Å². The number of sulfonamides is 1. The van der Waals surface area contributed by atoms with E-state index >= 15 is 0 Å². The molecule has 8 heteroatoms. The molecule has 2 aromatic carbocycles. The van der Waals surface area contributed by atoms with E-state index in [1.807, 2.05) is 13.8 Å². The van der Waals surface area contributed by atoms with Crippen molar-refractivity contribution >= 4 is 33.2 Å². The van der Waals surface area contributed by atoms with Crippen molar-refractivity contribution in [2.24, 2.45) is 0 Å². The van der Waals surface area contributed by atoms with Crippen molar-refractivity contribution in [1.29, 1.82) is 0 Å². The topological polar surface area (TPSA) is 75.7 Å². The van der Waals surface area contributed by atoms with Gasteiger partial charge in [0.05, 0.1) is 27.8 Å². The highest BCUT2D eigenvalue weighted by atomic mass is 35.5. The number of rotatable bonds is 4. The lowest BCUT2D eigenvalue weighted by Gasteiger charge is -2.34. The molecule has 0 radical (unpaired) electrons. The van der Waals surface area contributed by atoms with Crippen LogP contribution in [0.1, 0.15) is 24.2 Å². The van der Waals surface area contributed by atoms with Gasteiger partial charge in [0.2, 0.25) is 10.0 Å². The van der Waals surface area contributed by atoms with E-state index in [4.69, 9.17) is 16.3 Å². The van der Waals surface area contributed by atoms with Gasteiger partial charge in [-0.2, -0.15) is 4.31 Å². The van der Waals surface area contributed by atoms with Crippen molar-refractivity contribution in [3.63, 3.8) is 0 Å². The van der Waals surface area contributed by atoms with Crippen LogP contribution in [0, 0.1) is 0 Å². The molecular formula is C19H21ClN2O4S. The minimum absolute atomic E-state index is 0.0793. The zero-order valence-corrected chi connectivity index (χ0v) is 16.6. The minimum Gasteiger partial charge on any atom is -0.373 e. The molecule has 3 rings (SSSR count). The van der Waals surface area contributed by atoms with Crippen LogP contribution in [-0.4, -0.2) is 43.9 Å². The molecule has 1 aliphatic rings. The summed E-state index contributed by atoms with van der Waals surface area (Å²) in [5, 5.41) is 3.11. The number of nitrogens with one attached hydrogen (secondary N) is 1. The number of hydrogen-bond donors (Lipinski definition) is 1. The van der Waals surface area contributed by atoms with Gasteiger partial charge in [-0.05, 0) is 44.2 Å². The van der Waals surface area contributed by atoms with Crippen molar-refractivity contribution in [1.82, 2.24) is 4.31 Å². The zero-order valence-electron chi connectivity index (χ0n) is 15.1. The normalized spacial score (nSPS) is 21.0. The maximum Gasteiger partial charge on any atom is 0.255 e. The Labute approximate surface area is 164 Å². The molecule has 0 saturated carbocycles. The van der Waals surface area contributed by atoms with Gasteiger partial charge >= 0.3 is 0 Å². The molecule has 1 heterocycles. The fourth-order valence-electron chi connectivity index (χ4n) is 3.03. The molecule has 2 atom stereocenters. The summed E-state index contributed by atoms with van der Waals surface area (Å²) in [6.07, 6.45) is -0.370. The Kier molecular flexibility index (Phi) is 5.86. The molecule has 1 aliphatic heterocycles. The Morgan fingerprint density at radius 3 is 2.44 bits per heavy atom. The van der Waals surface area contributed by atoms with Crippen LogP contribution in [0.25, 0.3) is 0 Å². The molecular weight excluding hydrogens is 388 g/mol. The highest BCUT2D eigenvalue weighted by Gasteiger charge is 2.32. The molecule has 6 nitrogen and oxygen atoms in total. The standard InChI is InChI=1S/C19H21ClN2O4S/c1-13-11-22(12-14(2)26-13)27(24,25)16-7-5-6-15(10-16)19(23)21-18-9-4-3-8-17(18)20/h3-10,13-14H,11-12H2,1-2H3,(H,21,23)/t13-,14-/m1/s1. The van der Waals surface area contributed by atoms with E-state index in [0.717, 1.165) is 0 Å². The van der Waals surface area contributed by atoms with Crippen LogP contribution in [-0.2, 0) is 14.8 Å². The van der Waals surface area contributed by atoms with Crippen molar-refractivity contribution in [3.05, 3.63) is 59.1 Å². The molecule has 0 unspecified atom stereocenters. The molecule has 0 aromatic heterocycles. The minimum atomic E-state index is -3.72. The Bertz CT molecular complexity index is 938. The molecule has 1 saturated heterocycles. The SMILES string of the molecule is C[C@@H]1CN(S(=O)(=O)c2cccc(C(=O)Nc3ccccc3Cl)c2)C[C@@H](C)O1. The monoisotopic (exact) mass is 408 g/mol. The highest BCUT2D eigenvalue weighted by Crippen LogP contribution is 2.24. The summed E-state index contributed by atoms with van der Waals surface area (Å²) in [7, 11) is -3.72. The second kappa shape index (κ2) is 7.98. The van der Waals surface area contributed by atoms with E-state index in [0.29, 0.717) is 10.7 Å². The number of nitrogens with zero attached hydrogens (tertiary/aromatic N) is 1. The van der Waals surface area contributed by atoms with E-state index in [2.05, 4.69) is 5.32 Å². The summed E-state index contributed by atoms with van der Waals surface area (Å²) in [4.78, 5) is 12.6. The number of morpholine rings is 1. The van der Waals surface area contributed by atoms with Crippen LogP contribution in [0.2, 0.25) is 5.02 Å². The van der Waals surface area contributed by atoms with Crippen molar-refractivity contribution in [3.8, 4) is 0 Å². The van der Waals surface area contributed by atoms with Crippen molar-refractivity contribution in [2.45, 2.75) is 31.0 Å². The summed E-state index contributed by atoms with van der Waals surface area (Å²) in [5.41, 5.74) is 0.707. The van der Waals surface area contributed by atoms with E-state index in [1.54, 1.807) is 36.4 Å². The van der Waals surface area contributed by atoms with Gasteiger partial charge < -0.3 is 10.1 Å². The quantitative estimate of drug-likeness (QED) is 0.841. The molecule has 0 bridgehead atoms. The largest absolute Gasteiger partial charge is 0.373 e. The molecule has 1 amide bonds. The smallest absolute Gasteiger partial charge is 0.255 e. The number of halogens is 1. The van der Waals surface area contributed by atoms with Gasteiger partial charge in [-0.15, -0.1) is 0 Å². The first kappa shape index (κ1) is 19.8. The molecule has 144 valence electrons. The van der Waals surface area contributed by atoms with Crippen molar-refractivity contribution < 1.29 is 17.9 Å². The summed E-state index contributed by atoms with van der Waals surface area (Å²) in [6.45, 7) is 4.24. The van der Waals surface area contributed by atoms with Crippen LogP contribution < -0.4 is 5.32 Å². The van der Waals surface area contributed by atoms with Crippen LogP contribution >= 0.6 is 11.6 Å². The third-order valence-corrected chi connectivity index (χ3v) is 6.40. The molecule has 2 aromatic rings. The number of anilines is 1. The van der Waals surface area contributed by atoms with Gasteiger partial charge in [0.25, 0.3) is 5.91 Å². The number of ether oxygens (including phenoxy) is 1. The number of carbonyl (C=O) groups excluding carboxylic acids is 1. The van der Waals surface area contributed by atoms with E-state index in [-0.39, 0.29) is 35.8 Å². The summed E-state index contributed by atoms with van der Waals surface area (Å²) >= 11 is 6.06. The van der Waals surface area contributed by atoms with E-state index in [1.165, 1.54) is 16.4 Å². The predicted octanol–water partition coefficient (Wildman–Crippen LogP) is 3.39. The van der Waals surface area contributed by atoms with Gasteiger partial charge in [0.15, 0.2) is 0 Å². The fourth-order valence-corrected chi connectivity index (χ4v) is 4.85. The van der Waals surface area contributed by atoms with Crippen LogP contribution in [0.3, 0.4) is 0 Å². The maximum atomic E-state index is 13.0. The predicted molar refractivity (Wildman–Crippen MR) is 105 cm³/mol. The van der Waals surface area contributed by atoms with Gasteiger partial charge in [-0.25, -0.2) is 8.42 Å². The Hall–Kier alpha value is -1.93. The first-order valence-corrected chi connectivity index (χ1v) is 10.4. The second-order valence-electron chi connectivity index (χ2n) is 6.54. The van der Waals surface area contributed by atoms with Crippen LogP contribution in [0.15, 0.2) is 53.4 Å². The second-order valence-corrected chi connectivity index (χ2v) is 8.89. The summed E-state index contributed by atoms with van der Waals surface area (Å²) in [6, 6.07) is 12.9. The number of carbonyl (C=O) groups is 1. The van der Waals surface area contributed by atoms with Crippen molar-refractivity contribution in [2.75, 3.05) is 18.4 Å². The summed E-state index contributed by atoms with van der Waals surface area (Å²) in [5.74, 6) is -0.427. The average molecular weight is 409 g/mol. The molecule has 1 N–H and O–H groups in total. The van der Waals surface area contributed by atoms with Gasteiger partial charge in [-0.1, -0.05) is 29.8 Å². The maximum absolute atomic E-state index is 13.0. The number of benzene rings is 2. The summed E-state index contributed by atoms with van der Waals surface area (Å²) < 4.78 is 33.0. The molecule has 27 heavy (non-hydrogen) atoms. The molecule has 0 aliphatic carbocycles. The van der Waals surface area contributed by atoms with Gasteiger partial charge in [0, 0.05) is 18.7 Å². The lowest BCUT2D eigenvalue weighted by molar-refractivity contribution is -0.0440. The van der Waals surface area contributed by atoms with E-state index in [9.17, 15) is 13.2 Å². The first-order chi connectivity index (χ1) is 12.8. The zero-order chi connectivity index (χ0) is 19.6. The van der Waals surface area contributed by atoms with Crippen LogP contribution in [0.5, 0.6) is 0 Å². The van der Waals surface area contributed by atoms with Crippen LogP contribution in [0.4, 0.5) is 5.69 Å². The number of hydrogen-bond acceptors (Lipinski definition) is 4. The fraction of sp³-hybridized carbons (Fsp3) is 0.316. The molecule has 0 spiro atoms. The van der Waals surface area contributed by atoms with Gasteiger partial charge in [-0.3, -0.25) is 4.79 Å². The number of para-hydroxylation sites is 1. The first-order valence-electron chi connectivity index (χ1n) is 8.59. The van der Waals surface area contributed by atoms with E-state index < -0.39 is 15.9 Å². The Morgan fingerprint density at radius 1 is 1.11 bits per heavy atom. The number of amides is 1. The molecule has 1 fully saturated rings. The third-order valence-electron chi connectivity index (χ3n) is 4.24. The third kappa shape index (κ3) is 4.50. The lowest BCUT2D eigenvalue weighted by atomic mass is 10.2.